The second-order valence-corrected chi connectivity index (χ2v) is 8.01. The topological polar surface area (TPSA) is 49.9 Å². The number of benzene rings is 2. The summed E-state index contributed by atoms with van der Waals surface area (Å²) < 4.78 is 2.95. The summed E-state index contributed by atoms with van der Waals surface area (Å²) in [6.45, 7) is 0. The highest BCUT2D eigenvalue weighted by Gasteiger charge is 2.08. The summed E-state index contributed by atoms with van der Waals surface area (Å²) in [4.78, 5) is 5.04. The molecule has 0 unspecified atom stereocenters. The lowest BCUT2D eigenvalue weighted by atomic mass is 10.2. The molecule has 0 spiro atoms. The summed E-state index contributed by atoms with van der Waals surface area (Å²) in [5.41, 5.74) is 2.69. The minimum atomic E-state index is 0.157. The quantitative estimate of drug-likeness (QED) is 0.473. The summed E-state index contributed by atoms with van der Waals surface area (Å²) in [6, 6.07) is 11.2. The summed E-state index contributed by atoms with van der Waals surface area (Å²) in [5.74, 6) is 0.157. The largest absolute Gasteiger partial charge is 0.506 e. The molecule has 0 saturated heterocycles. The van der Waals surface area contributed by atoms with Crippen molar-refractivity contribution in [2.24, 2.45) is 10.1 Å². The molecule has 128 valence electrons. The second kappa shape index (κ2) is 7.86. The van der Waals surface area contributed by atoms with Crippen molar-refractivity contribution in [3.8, 4) is 17.0 Å². The molecule has 0 aliphatic rings. The molecule has 0 fully saturated rings. The van der Waals surface area contributed by atoms with Crippen molar-refractivity contribution >= 4 is 61.0 Å². The van der Waals surface area contributed by atoms with Gasteiger partial charge in [-0.3, -0.25) is 4.99 Å². The molecule has 0 saturated carbocycles. The average molecular weight is 502 g/mol. The molecular formula is C17H12Br2ClN3OS. The molecule has 8 heteroatoms. The van der Waals surface area contributed by atoms with Gasteiger partial charge in [-0.1, -0.05) is 23.7 Å². The maximum Gasteiger partial charge on any atom is 0.205 e. The highest BCUT2D eigenvalue weighted by atomic mass is 79.9. The van der Waals surface area contributed by atoms with Gasteiger partial charge in [0.1, 0.15) is 5.75 Å². The van der Waals surface area contributed by atoms with E-state index < -0.39 is 0 Å². The third kappa shape index (κ3) is 4.06. The second-order valence-electron chi connectivity index (χ2n) is 5.03. The molecule has 0 aliphatic heterocycles. The van der Waals surface area contributed by atoms with Gasteiger partial charge in [0.2, 0.25) is 4.80 Å². The van der Waals surface area contributed by atoms with Crippen molar-refractivity contribution in [3.05, 3.63) is 66.1 Å². The molecule has 0 aliphatic carbocycles. The van der Waals surface area contributed by atoms with Crippen molar-refractivity contribution in [1.29, 1.82) is 0 Å². The minimum Gasteiger partial charge on any atom is -0.506 e. The lowest BCUT2D eigenvalue weighted by molar-refractivity contribution is 0.468. The third-order valence-corrected chi connectivity index (χ3v) is 5.71. The summed E-state index contributed by atoms with van der Waals surface area (Å²) in [7, 11) is 1.73. The lowest BCUT2D eigenvalue weighted by Gasteiger charge is -2.05. The van der Waals surface area contributed by atoms with Crippen LogP contribution in [0, 0.1) is 0 Å². The Morgan fingerprint density at radius 2 is 1.92 bits per heavy atom. The van der Waals surface area contributed by atoms with E-state index in [1.54, 1.807) is 30.1 Å². The van der Waals surface area contributed by atoms with E-state index in [1.807, 2.05) is 29.6 Å². The van der Waals surface area contributed by atoms with Gasteiger partial charge < -0.3 is 5.11 Å². The van der Waals surface area contributed by atoms with E-state index in [4.69, 9.17) is 11.6 Å². The van der Waals surface area contributed by atoms with E-state index in [1.165, 1.54) is 11.3 Å². The first kappa shape index (κ1) is 18.4. The van der Waals surface area contributed by atoms with Crippen LogP contribution in [0.5, 0.6) is 5.75 Å². The van der Waals surface area contributed by atoms with Gasteiger partial charge in [-0.2, -0.15) is 5.10 Å². The van der Waals surface area contributed by atoms with Crippen LogP contribution in [-0.4, -0.2) is 23.0 Å². The van der Waals surface area contributed by atoms with Crippen molar-refractivity contribution in [2.75, 3.05) is 7.05 Å². The maximum absolute atomic E-state index is 9.81. The Morgan fingerprint density at radius 1 is 1.20 bits per heavy atom. The Morgan fingerprint density at radius 3 is 2.56 bits per heavy atom. The highest BCUT2D eigenvalue weighted by molar-refractivity contribution is 9.11. The van der Waals surface area contributed by atoms with Crippen molar-refractivity contribution in [3.63, 3.8) is 0 Å². The molecule has 2 aromatic carbocycles. The maximum atomic E-state index is 9.81. The molecule has 25 heavy (non-hydrogen) atoms. The fraction of sp³-hybridized carbons (Fsp3) is 0.0588. The van der Waals surface area contributed by atoms with Gasteiger partial charge in [0, 0.05) is 23.0 Å². The van der Waals surface area contributed by atoms with Crippen LogP contribution in [0.25, 0.3) is 11.3 Å². The van der Waals surface area contributed by atoms with Gasteiger partial charge in [-0.05, 0) is 61.7 Å². The Kier molecular flexibility index (Phi) is 5.78. The van der Waals surface area contributed by atoms with E-state index >= 15 is 0 Å². The van der Waals surface area contributed by atoms with Crippen LogP contribution in [0.4, 0.5) is 0 Å². The number of hydrogen-bond acceptors (Lipinski definition) is 4. The number of aromatic hydroxyl groups is 1. The Labute approximate surface area is 170 Å². The van der Waals surface area contributed by atoms with Crippen LogP contribution in [0.1, 0.15) is 5.56 Å². The van der Waals surface area contributed by atoms with Gasteiger partial charge >= 0.3 is 0 Å². The molecule has 1 N–H and O–H groups in total. The predicted octanol–water partition coefficient (Wildman–Crippen LogP) is 5.51. The zero-order valence-corrected chi connectivity index (χ0v) is 17.7. The first-order chi connectivity index (χ1) is 12.0. The predicted molar refractivity (Wildman–Crippen MR) is 111 cm³/mol. The van der Waals surface area contributed by atoms with Crippen molar-refractivity contribution < 1.29 is 5.11 Å². The molecule has 4 nitrogen and oxygen atoms in total. The lowest BCUT2D eigenvalue weighted by Crippen LogP contribution is -2.11. The Bertz CT molecular complexity index is 1000. The fourth-order valence-corrected chi connectivity index (χ4v) is 4.41. The van der Waals surface area contributed by atoms with E-state index in [2.05, 4.69) is 42.0 Å². The fourth-order valence-electron chi connectivity index (χ4n) is 2.19. The number of aromatic nitrogens is 1. The zero-order chi connectivity index (χ0) is 18.0. The number of thiazole rings is 1. The van der Waals surface area contributed by atoms with Crippen molar-refractivity contribution in [1.82, 2.24) is 4.68 Å². The van der Waals surface area contributed by atoms with Gasteiger partial charge in [-0.15, -0.1) is 11.3 Å². The molecule has 3 aromatic rings. The first-order valence-corrected chi connectivity index (χ1v) is 9.95. The van der Waals surface area contributed by atoms with Crippen LogP contribution in [-0.2, 0) is 0 Å². The first-order valence-electron chi connectivity index (χ1n) is 7.11. The molecule has 1 heterocycles. The summed E-state index contributed by atoms with van der Waals surface area (Å²) in [5, 5.41) is 17.0. The standard InChI is InChI=1S/C17H12Br2ClN3OS/c1-21-17-23(15(9-25-17)11-3-2-4-12(20)7-11)22-8-10-5-13(18)16(24)14(19)6-10/h2-9,24H,1H3. The van der Waals surface area contributed by atoms with Crippen LogP contribution in [0.3, 0.4) is 0 Å². The molecular weight excluding hydrogens is 490 g/mol. The summed E-state index contributed by atoms with van der Waals surface area (Å²) >= 11 is 14.3. The molecule has 3 rings (SSSR count). The van der Waals surface area contributed by atoms with E-state index in [0.717, 1.165) is 21.6 Å². The van der Waals surface area contributed by atoms with Gasteiger partial charge in [-0.25, -0.2) is 4.68 Å². The Hall–Kier alpha value is -1.41. The minimum absolute atomic E-state index is 0.157. The van der Waals surface area contributed by atoms with Crippen LogP contribution in [0.2, 0.25) is 5.02 Å². The number of halogens is 3. The summed E-state index contributed by atoms with van der Waals surface area (Å²) in [6.07, 6.45) is 1.71. The number of rotatable bonds is 3. The van der Waals surface area contributed by atoms with Crippen LogP contribution in [0.15, 0.2) is 60.8 Å². The number of phenols is 1. The van der Waals surface area contributed by atoms with E-state index in [9.17, 15) is 5.11 Å². The normalized spacial score (nSPS) is 12.2. The van der Waals surface area contributed by atoms with E-state index in [0.29, 0.717) is 14.0 Å². The number of hydrogen-bond donors (Lipinski definition) is 1. The van der Waals surface area contributed by atoms with Gasteiger partial charge in [0.05, 0.1) is 20.9 Å². The SMILES string of the molecule is CN=c1scc(-c2cccc(Cl)c2)n1N=Cc1cc(Br)c(O)c(Br)c1. The molecule has 1 aromatic heterocycles. The monoisotopic (exact) mass is 499 g/mol. The number of nitrogens with zero attached hydrogens (tertiary/aromatic N) is 3. The molecule has 0 atom stereocenters. The van der Waals surface area contributed by atoms with Gasteiger partial charge in [0.15, 0.2) is 0 Å². The number of phenolic OH excluding ortho intramolecular Hbond substituents is 1. The smallest absolute Gasteiger partial charge is 0.205 e. The third-order valence-electron chi connectivity index (χ3n) is 3.36. The zero-order valence-electron chi connectivity index (χ0n) is 12.9. The molecule has 0 bridgehead atoms. The Balaban J connectivity index is 2.07. The van der Waals surface area contributed by atoms with Gasteiger partial charge in [0.25, 0.3) is 0 Å². The van der Waals surface area contributed by atoms with Crippen molar-refractivity contribution in [2.45, 2.75) is 0 Å². The molecule has 0 amide bonds. The average Bonchev–Trinajstić information content (AvgIpc) is 3.00. The van der Waals surface area contributed by atoms with Crippen LogP contribution < -0.4 is 4.80 Å². The van der Waals surface area contributed by atoms with Crippen LogP contribution >= 0.6 is 54.8 Å². The highest BCUT2D eigenvalue weighted by Crippen LogP contribution is 2.33. The molecule has 0 radical (unpaired) electrons. The van der Waals surface area contributed by atoms with E-state index in [-0.39, 0.29) is 5.75 Å².